The van der Waals surface area contributed by atoms with E-state index in [1.165, 1.54) is 5.56 Å². The van der Waals surface area contributed by atoms with Crippen LogP contribution in [0.4, 0.5) is 0 Å². The Morgan fingerprint density at radius 2 is 1.32 bits per heavy atom. The predicted molar refractivity (Wildman–Crippen MR) is 114 cm³/mol. The number of aliphatic hydroxyl groups is 1. The Bertz CT molecular complexity index is 998. The highest BCUT2D eigenvalue weighted by molar-refractivity contribution is 5.79. The minimum atomic E-state index is -1.05. The zero-order valence-corrected chi connectivity index (χ0v) is 16.0. The molecule has 2 nitrogen and oxygen atoms in total. The fraction of sp³-hybridized carbons (Fsp3) is 0.231. The van der Waals surface area contributed by atoms with Gasteiger partial charge in [0.05, 0.1) is 5.54 Å². The zero-order chi connectivity index (χ0) is 19.2. The molecule has 0 amide bonds. The first-order valence-corrected chi connectivity index (χ1v) is 10.0. The van der Waals surface area contributed by atoms with Crippen LogP contribution in [-0.4, -0.2) is 11.7 Å². The summed E-state index contributed by atoms with van der Waals surface area (Å²) < 4.78 is 0. The third-order valence-corrected chi connectivity index (χ3v) is 6.56. The normalized spacial score (nSPS) is 31.4. The van der Waals surface area contributed by atoms with E-state index in [1.54, 1.807) is 0 Å². The highest BCUT2D eigenvalue weighted by Gasteiger charge is 2.62. The monoisotopic (exact) mass is 367 g/mol. The lowest BCUT2D eigenvalue weighted by Gasteiger charge is -2.40. The van der Waals surface area contributed by atoms with Crippen LogP contribution in [0, 0.1) is 11.8 Å². The second-order valence-electron chi connectivity index (χ2n) is 8.13. The molecule has 140 valence electrons. The molecule has 1 aliphatic heterocycles. The first-order chi connectivity index (χ1) is 13.7. The van der Waals surface area contributed by atoms with E-state index in [0.717, 1.165) is 23.2 Å². The van der Waals surface area contributed by atoms with Gasteiger partial charge in [-0.25, -0.2) is 0 Å². The lowest BCUT2D eigenvalue weighted by molar-refractivity contribution is 0.00891. The van der Waals surface area contributed by atoms with Crippen LogP contribution in [0.15, 0.2) is 97.1 Å². The summed E-state index contributed by atoms with van der Waals surface area (Å²) >= 11 is 0. The molecule has 1 aliphatic carbocycles. The van der Waals surface area contributed by atoms with Crippen LogP contribution >= 0.6 is 0 Å². The van der Waals surface area contributed by atoms with Crippen molar-refractivity contribution in [1.29, 1.82) is 0 Å². The molecule has 4 atom stereocenters. The van der Waals surface area contributed by atoms with Gasteiger partial charge in [0, 0.05) is 5.92 Å². The van der Waals surface area contributed by atoms with Gasteiger partial charge in [-0.3, -0.25) is 0 Å². The van der Waals surface area contributed by atoms with E-state index in [9.17, 15) is 5.11 Å². The van der Waals surface area contributed by atoms with Gasteiger partial charge in [-0.1, -0.05) is 104 Å². The molecule has 0 radical (unpaired) electrons. The van der Waals surface area contributed by atoms with E-state index < -0.39 is 5.60 Å². The van der Waals surface area contributed by atoms with Crippen molar-refractivity contribution in [1.82, 2.24) is 5.32 Å². The van der Waals surface area contributed by atoms with Crippen molar-refractivity contribution in [3.05, 3.63) is 114 Å². The molecule has 1 heterocycles. The van der Waals surface area contributed by atoms with Crippen LogP contribution in [0.5, 0.6) is 0 Å². The Kier molecular flexibility index (Phi) is 4.01. The Balaban J connectivity index is 1.80. The Morgan fingerprint density at radius 3 is 1.93 bits per heavy atom. The van der Waals surface area contributed by atoms with Gasteiger partial charge in [0.2, 0.25) is 0 Å². The van der Waals surface area contributed by atoms with Crippen molar-refractivity contribution in [3.8, 4) is 0 Å². The summed E-state index contributed by atoms with van der Waals surface area (Å²) in [5.74, 6) is 0.336. The van der Waals surface area contributed by atoms with Crippen molar-refractivity contribution in [2.24, 2.45) is 11.8 Å². The van der Waals surface area contributed by atoms with Gasteiger partial charge in [0.1, 0.15) is 5.60 Å². The van der Waals surface area contributed by atoms with Gasteiger partial charge in [0.25, 0.3) is 0 Å². The largest absolute Gasteiger partial charge is 0.380 e. The number of benzene rings is 3. The fourth-order valence-corrected chi connectivity index (χ4v) is 5.42. The first kappa shape index (κ1) is 17.4. The fourth-order valence-electron chi connectivity index (χ4n) is 5.42. The third kappa shape index (κ3) is 2.35. The van der Waals surface area contributed by atoms with Crippen LogP contribution in [0.1, 0.15) is 23.6 Å². The Labute approximate surface area is 166 Å². The smallest absolute Gasteiger partial charge is 0.120 e. The van der Waals surface area contributed by atoms with Crippen LogP contribution < -0.4 is 5.32 Å². The van der Waals surface area contributed by atoms with Crippen LogP contribution in [0.2, 0.25) is 0 Å². The van der Waals surface area contributed by atoms with Gasteiger partial charge in [-0.05, 0) is 34.7 Å². The maximum Gasteiger partial charge on any atom is 0.120 e. The maximum atomic E-state index is 12.4. The molecule has 0 spiro atoms. The molecule has 5 rings (SSSR count). The van der Waals surface area contributed by atoms with Gasteiger partial charge >= 0.3 is 0 Å². The summed E-state index contributed by atoms with van der Waals surface area (Å²) in [4.78, 5) is 0. The first-order valence-electron chi connectivity index (χ1n) is 10.0. The molecule has 2 heteroatoms. The van der Waals surface area contributed by atoms with E-state index >= 15 is 0 Å². The van der Waals surface area contributed by atoms with Crippen LogP contribution in [-0.2, 0) is 11.1 Å². The molecule has 0 bridgehead atoms. The Morgan fingerprint density at radius 1 is 0.786 bits per heavy atom. The molecule has 3 aromatic carbocycles. The van der Waals surface area contributed by atoms with E-state index in [2.05, 4.69) is 66.8 Å². The molecule has 0 unspecified atom stereocenters. The summed E-state index contributed by atoms with van der Waals surface area (Å²) in [6.07, 6.45) is 2.29. The van der Waals surface area contributed by atoms with Crippen molar-refractivity contribution >= 4 is 5.57 Å². The molecule has 0 saturated carbocycles. The predicted octanol–water partition coefficient (Wildman–Crippen LogP) is 4.72. The number of hydrogen-bond acceptors (Lipinski definition) is 2. The quantitative estimate of drug-likeness (QED) is 0.702. The molecule has 3 aromatic rings. The zero-order valence-electron chi connectivity index (χ0n) is 16.0. The van der Waals surface area contributed by atoms with E-state index in [0.29, 0.717) is 5.92 Å². The molecule has 1 saturated heterocycles. The molecular formula is C26H25NO. The minimum Gasteiger partial charge on any atom is -0.380 e. The molecule has 0 aromatic heterocycles. The average molecular weight is 367 g/mol. The molecule has 28 heavy (non-hydrogen) atoms. The number of nitrogens with one attached hydrogen (secondary N) is 1. The lowest BCUT2D eigenvalue weighted by atomic mass is 9.68. The van der Waals surface area contributed by atoms with Gasteiger partial charge in [-0.2, -0.15) is 0 Å². The van der Waals surface area contributed by atoms with Gasteiger partial charge in [-0.15, -0.1) is 0 Å². The maximum absolute atomic E-state index is 12.4. The number of rotatable bonds is 3. The summed E-state index contributed by atoms with van der Waals surface area (Å²) in [5.41, 5.74) is 2.81. The molecule has 1 fully saturated rings. The van der Waals surface area contributed by atoms with E-state index in [-0.39, 0.29) is 11.5 Å². The van der Waals surface area contributed by atoms with Crippen molar-refractivity contribution in [3.63, 3.8) is 0 Å². The third-order valence-electron chi connectivity index (χ3n) is 6.56. The molecular weight excluding hydrogens is 342 g/mol. The summed E-state index contributed by atoms with van der Waals surface area (Å²) in [5, 5.41) is 16.2. The lowest BCUT2D eigenvalue weighted by Crippen LogP contribution is -2.45. The Hall–Kier alpha value is -2.68. The SMILES string of the molecule is C[C@@H]1CN[C@@]2(c3ccccc3)C=C(c3ccccc3)[C@](O)(c3ccccc3)[C@@H]12. The van der Waals surface area contributed by atoms with Crippen molar-refractivity contribution in [2.45, 2.75) is 18.1 Å². The summed E-state index contributed by atoms with van der Waals surface area (Å²) in [7, 11) is 0. The van der Waals surface area contributed by atoms with Gasteiger partial charge in [0.15, 0.2) is 0 Å². The summed E-state index contributed by atoms with van der Waals surface area (Å²) in [6.45, 7) is 3.13. The van der Waals surface area contributed by atoms with E-state index in [1.807, 2.05) is 42.5 Å². The standard InChI is InChI=1S/C26H25NO/c1-19-18-27-25(21-13-7-3-8-14-21)17-23(20-11-5-2-6-12-20)26(28,24(19)25)22-15-9-4-10-16-22/h2-17,19,24,27-28H,18H2,1H3/t19-,24+,25-,26-/m1/s1. The number of hydrogen-bond donors (Lipinski definition) is 2. The van der Waals surface area contributed by atoms with Crippen LogP contribution in [0.3, 0.4) is 0 Å². The van der Waals surface area contributed by atoms with Crippen molar-refractivity contribution in [2.75, 3.05) is 6.54 Å². The highest BCUT2D eigenvalue weighted by atomic mass is 16.3. The minimum absolute atomic E-state index is 0.0139. The van der Waals surface area contributed by atoms with E-state index in [4.69, 9.17) is 0 Å². The second-order valence-corrected chi connectivity index (χ2v) is 8.13. The van der Waals surface area contributed by atoms with Gasteiger partial charge < -0.3 is 10.4 Å². The second kappa shape index (κ2) is 6.44. The van der Waals surface area contributed by atoms with Crippen molar-refractivity contribution < 1.29 is 5.11 Å². The van der Waals surface area contributed by atoms with Crippen LogP contribution in [0.25, 0.3) is 5.57 Å². The summed E-state index contributed by atoms with van der Waals surface area (Å²) in [6, 6.07) is 31.0. The molecule has 2 N–H and O–H groups in total. The number of fused-ring (bicyclic) bond motifs is 1. The molecule has 2 aliphatic rings. The highest BCUT2D eigenvalue weighted by Crippen LogP contribution is 2.60. The topological polar surface area (TPSA) is 32.3 Å². The average Bonchev–Trinajstić information content (AvgIpc) is 3.25.